The van der Waals surface area contributed by atoms with Crippen LogP contribution < -0.4 is 0 Å². The highest BCUT2D eigenvalue weighted by Gasteiger charge is 2.44. The summed E-state index contributed by atoms with van der Waals surface area (Å²) in [5.74, 6) is 1.17. The largest absolute Gasteiger partial charge is 0.283 e. The fourth-order valence-electron chi connectivity index (χ4n) is 3.84. The third-order valence-corrected chi connectivity index (χ3v) is 6.21. The third-order valence-electron chi connectivity index (χ3n) is 5.11. The lowest BCUT2D eigenvalue weighted by Crippen LogP contribution is -2.47. The predicted octanol–water partition coefficient (Wildman–Crippen LogP) is 4.27. The van der Waals surface area contributed by atoms with E-state index in [0.29, 0.717) is 19.4 Å². The maximum absolute atomic E-state index is 12.4. The number of amides is 2. The van der Waals surface area contributed by atoms with Gasteiger partial charge in [0.25, 0.3) is 0 Å². The van der Waals surface area contributed by atoms with E-state index in [0.717, 1.165) is 31.4 Å². The second-order valence-electron chi connectivity index (χ2n) is 6.87. The number of unbranched alkanes of at least 4 members (excludes halogenated alkanes) is 1. The molecule has 1 saturated carbocycles. The second-order valence-corrected chi connectivity index (χ2v) is 8.04. The SMILES string of the molecule is O=C1CC2(CCCC2)CC(=O)N1CCCCSc1ccccc1. The van der Waals surface area contributed by atoms with Crippen LogP contribution in [0.5, 0.6) is 0 Å². The van der Waals surface area contributed by atoms with Gasteiger partial charge >= 0.3 is 0 Å². The summed E-state index contributed by atoms with van der Waals surface area (Å²) < 4.78 is 0. The maximum atomic E-state index is 12.4. The lowest BCUT2D eigenvalue weighted by molar-refractivity contribution is -0.153. The number of thioether (sulfide) groups is 1. The highest BCUT2D eigenvalue weighted by atomic mass is 32.2. The second kappa shape index (κ2) is 7.52. The van der Waals surface area contributed by atoms with Gasteiger partial charge in [0.1, 0.15) is 0 Å². The highest BCUT2D eigenvalue weighted by Crippen LogP contribution is 2.46. The van der Waals surface area contributed by atoms with Gasteiger partial charge in [-0.1, -0.05) is 31.0 Å². The van der Waals surface area contributed by atoms with E-state index in [1.807, 2.05) is 30.0 Å². The Morgan fingerprint density at radius 2 is 1.61 bits per heavy atom. The molecule has 124 valence electrons. The van der Waals surface area contributed by atoms with E-state index < -0.39 is 0 Å². The van der Waals surface area contributed by atoms with Gasteiger partial charge in [-0.25, -0.2) is 0 Å². The Hall–Kier alpha value is -1.29. The summed E-state index contributed by atoms with van der Waals surface area (Å²) >= 11 is 1.84. The van der Waals surface area contributed by atoms with Crippen LogP contribution in [0.2, 0.25) is 0 Å². The van der Waals surface area contributed by atoms with Crippen LogP contribution in [0.25, 0.3) is 0 Å². The Morgan fingerprint density at radius 1 is 0.957 bits per heavy atom. The van der Waals surface area contributed by atoms with Gasteiger partial charge in [0, 0.05) is 24.3 Å². The Balaban J connectivity index is 1.40. The van der Waals surface area contributed by atoms with Crippen LogP contribution in [0.3, 0.4) is 0 Å². The minimum atomic E-state index is 0.0217. The Labute approximate surface area is 142 Å². The molecular weight excluding hydrogens is 306 g/mol. The van der Waals surface area contributed by atoms with Gasteiger partial charge < -0.3 is 0 Å². The van der Waals surface area contributed by atoms with Crippen LogP contribution in [0.4, 0.5) is 0 Å². The van der Waals surface area contributed by atoms with Crippen molar-refractivity contribution < 1.29 is 9.59 Å². The van der Waals surface area contributed by atoms with E-state index >= 15 is 0 Å². The number of nitrogens with zero attached hydrogens (tertiary/aromatic N) is 1. The van der Waals surface area contributed by atoms with Crippen molar-refractivity contribution in [2.75, 3.05) is 12.3 Å². The van der Waals surface area contributed by atoms with Crippen molar-refractivity contribution in [3.05, 3.63) is 30.3 Å². The quantitative estimate of drug-likeness (QED) is 0.444. The van der Waals surface area contributed by atoms with Crippen molar-refractivity contribution in [2.24, 2.45) is 5.41 Å². The molecule has 1 spiro atoms. The van der Waals surface area contributed by atoms with Crippen LogP contribution in [-0.2, 0) is 9.59 Å². The van der Waals surface area contributed by atoms with E-state index in [9.17, 15) is 9.59 Å². The Bertz CT molecular complexity index is 532. The molecule has 2 amide bonds. The first-order chi connectivity index (χ1) is 11.2. The molecule has 1 heterocycles. The molecule has 1 aromatic carbocycles. The molecule has 1 aliphatic carbocycles. The smallest absolute Gasteiger partial charge is 0.229 e. The summed E-state index contributed by atoms with van der Waals surface area (Å²) in [4.78, 5) is 27.5. The molecule has 0 aromatic heterocycles. The summed E-state index contributed by atoms with van der Waals surface area (Å²) in [5, 5.41) is 0. The van der Waals surface area contributed by atoms with Gasteiger partial charge in [-0.05, 0) is 49.0 Å². The summed E-state index contributed by atoms with van der Waals surface area (Å²) in [6.07, 6.45) is 7.60. The van der Waals surface area contributed by atoms with Gasteiger partial charge in [-0.3, -0.25) is 14.5 Å². The molecular formula is C19H25NO2S. The lowest BCUT2D eigenvalue weighted by atomic mass is 9.76. The van der Waals surface area contributed by atoms with E-state index in [4.69, 9.17) is 0 Å². The summed E-state index contributed by atoms with van der Waals surface area (Å²) in [6.45, 7) is 0.600. The Morgan fingerprint density at radius 3 is 2.26 bits per heavy atom. The van der Waals surface area contributed by atoms with Crippen LogP contribution in [-0.4, -0.2) is 29.0 Å². The molecule has 0 bridgehead atoms. The zero-order valence-electron chi connectivity index (χ0n) is 13.6. The first-order valence-electron chi connectivity index (χ1n) is 8.70. The normalized spacial score (nSPS) is 20.4. The number of imide groups is 1. The van der Waals surface area contributed by atoms with Crippen molar-refractivity contribution in [1.82, 2.24) is 4.90 Å². The lowest BCUT2D eigenvalue weighted by Gasteiger charge is -2.37. The molecule has 3 rings (SSSR count). The molecule has 0 N–H and O–H groups in total. The van der Waals surface area contributed by atoms with Crippen LogP contribution in [0, 0.1) is 5.41 Å². The maximum Gasteiger partial charge on any atom is 0.229 e. The summed E-state index contributed by atoms with van der Waals surface area (Å²) in [7, 11) is 0. The molecule has 1 aliphatic heterocycles. The zero-order chi connectivity index (χ0) is 16.1. The Kier molecular flexibility index (Phi) is 5.42. The number of hydrogen-bond donors (Lipinski definition) is 0. The number of benzene rings is 1. The monoisotopic (exact) mass is 331 g/mol. The molecule has 1 aromatic rings. The molecule has 2 fully saturated rings. The summed E-state index contributed by atoms with van der Waals surface area (Å²) in [5.41, 5.74) is 0.0217. The molecule has 2 aliphatic rings. The average Bonchev–Trinajstić information content (AvgIpc) is 2.98. The minimum Gasteiger partial charge on any atom is -0.283 e. The number of carbonyl (C=O) groups excluding carboxylic acids is 2. The van der Waals surface area contributed by atoms with E-state index in [2.05, 4.69) is 12.1 Å². The van der Waals surface area contributed by atoms with Crippen molar-refractivity contribution in [3.63, 3.8) is 0 Å². The number of hydrogen-bond acceptors (Lipinski definition) is 3. The average molecular weight is 331 g/mol. The number of rotatable bonds is 6. The number of likely N-dealkylation sites (tertiary alicyclic amines) is 1. The number of piperidine rings is 1. The van der Waals surface area contributed by atoms with E-state index in [-0.39, 0.29) is 17.2 Å². The molecule has 1 saturated heterocycles. The molecule has 0 unspecified atom stereocenters. The van der Waals surface area contributed by atoms with E-state index in [1.165, 1.54) is 22.6 Å². The fraction of sp³-hybridized carbons (Fsp3) is 0.579. The third kappa shape index (κ3) is 4.17. The standard InChI is InChI=1S/C19H25NO2S/c21-17-14-19(10-4-5-11-19)15-18(22)20(17)12-6-7-13-23-16-8-2-1-3-9-16/h1-3,8-9H,4-7,10-15H2. The van der Waals surface area contributed by atoms with Gasteiger partial charge in [0.2, 0.25) is 11.8 Å². The van der Waals surface area contributed by atoms with Crippen LogP contribution in [0.1, 0.15) is 51.4 Å². The minimum absolute atomic E-state index is 0.0217. The number of carbonyl (C=O) groups is 2. The van der Waals surface area contributed by atoms with Gasteiger partial charge in [0.05, 0.1) is 0 Å². The van der Waals surface area contributed by atoms with Crippen LogP contribution >= 0.6 is 11.8 Å². The highest BCUT2D eigenvalue weighted by molar-refractivity contribution is 7.99. The van der Waals surface area contributed by atoms with Crippen molar-refractivity contribution in [1.29, 1.82) is 0 Å². The predicted molar refractivity (Wildman–Crippen MR) is 93.3 cm³/mol. The van der Waals surface area contributed by atoms with Gasteiger partial charge in [-0.2, -0.15) is 0 Å². The van der Waals surface area contributed by atoms with Gasteiger partial charge in [-0.15, -0.1) is 11.8 Å². The van der Waals surface area contributed by atoms with Crippen LogP contribution in [0.15, 0.2) is 35.2 Å². The fourth-order valence-corrected chi connectivity index (χ4v) is 4.77. The first kappa shape index (κ1) is 16.6. The van der Waals surface area contributed by atoms with Crippen molar-refractivity contribution >= 4 is 23.6 Å². The molecule has 23 heavy (non-hydrogen) atoms. The molecule has 4 heteroatoms. The molecule has 0 atom stereocenters. The summed E-state index contributed by atoms with van der Waals surface area (Å²) in [6, 6.07) is 10.3. The van der Waals surface area contributed by atoms with E-state index in [1.54, 1.807) is 0 Å². The topological polar surface area (TPSA) is 37.4 Å². The first-order valence-corrected chi connectivity index (χ1v) is 9.68. The van der Waals surface area contributed by atoms with Crippen molar-refractivity contribution in [2.45, 2.75) is 56.3 Å². The molecule has 3 nitrogen and oxygen atoms in total. The van der Waals surface area contributed by atoms with Crippen molar-refractivity contribution in [3.8, 4) is 0 Å². The van der Waals surface area contributed by atoms with Gasteiger partial charge in [0.15, 0.2) is 0 Å². The zero-order valence-corrected chi connectivity index (χ0v) is 14.4. The molecule has 0 radical (unpaired) electrons.